The summed E-state index contributed by atoms with van der Waals surface area (Å²) >= 11 is 6.21. The summed E-state index contributed by atoms with van der Waals surface area (Å²) in [5.74, 6) is -1.24. The number of hydrogen-bond donors (Lipinski definition) is 1. The number of likely N-dealkylation sites (tertiary alicyclic amines) is 1. The van der Waals surface area contributed by atoms with Gasteiger partial charge in [0.1, 0.15) is 11.5 Å². The Labute approximate surface area is 189 Å². The van der Waals surface area contributed by atoms with Crippen molar-refractivity contribution < 1.29 is 19.4 Å². The fourth-order valence-electron chi connectivity index (χ4n) is 3.81. The first-order valence-electron chi connectivity index (χ1n) is 9.99. The number of aromatic nitrogens is 3. The van der Waals surface area contributed by atoms with Crippen LogP contribution in [0.1, 0.15) is 23.6 Å². The van der Waals surface area contributed by atoms with Crippen molar-refractivity contribution in [3.05, 3.63) is 83.2 Å². The van der Waals surface area contributed by atoms with Crippen LogP contribution in [0.3, 0.4) is 0 Å². The van der Waals surface area contributed by atoms with E-state index < -0.39 is 17.7 Å². The number of benzene rings is 1. The molecule has 1 N–H and O–H groups in total. The molecule has 8 nitrogen and oxygen atoms in total. The number of imidazole rings is 1. The van der Waals surface area contributed by atoms with Crippen molar-refractivity contribution in [2.45, 2.75) is 19.0 Å². The van der Waals surface area contributed by atoms with Gasteiger partial charge in [0.15, 0.2) is 0 Å². The van der Waals surface area contributed by atoms with E-state index in [0.717, 1.165) is 0 Å². The number of hydrogen-bond acceptors (Lipinski definition) is 6. The van der Waals surface area contributed by atoms with Gasteiger partial charge in [-0.25, -0.2) is 4.98 Å². The highest BCUT2D eigenvalue weighted by Gasteiger charge is 2.45. The molecule has 1 unspecified atom stereocenters. The van der Waals surface area contributed by atoms with E-state index >= 15 is 0 Å². The summed E-state index contributed by atoms with van der Waals surface area (Å²) in [5.41, 5.74) is 1.03. The van der Waals surface area contributed by atoms with Crippen molar-refractivity contribution in [3.63, 3.8) is 0 Å². The van der Waals surface area contributed by atoms with E-state index in [0.29, 0.717) is 36.4 Å². The minimum absolute atomic E-state index is 0.0186. The molecule has 2 aromatic heterocycles. The van der Waals surface area contributed by atoms with E-state index in [4.69, 9.17) is 16.3 Å². The van der Waals surface area contributed by atoms with Crippen LogP contribution in [0, 0.1) is 0 Å². The third-order valence-electron chi connectivity index (χ3n) is 5.36. The van der Waals surface area contributed by atoms with Crippen LogP contribution in [0.4, 0.5) is 0 Å². The number of methoxy groups -OCH3 is 1. The number of carbonyl (C=O) groups excluding carboxylic acids is 2. The second kappa shape index (κ2) is 9.23. The maximum atomic E-state index is 13.0. The maximum Gasteiger partial charge on any atom is 0.295 e. The van der Waals surface area contributed by atoms with Crippen molar-refractivity contribution in [1.82, 2.24) is 19.4 Å². The summed E-state index contributed by atoms with van der Waals surface area (Å²) < 4.78 is 7.05. The molecule has 32 heavy (non-hydrogen) atoms. The molecule has 9 heteroatoms. The average molecular weight is 453 g/mol. The number of pyridine rings is 1. The molecule has 3 aromatic rings. The fourth-order valence-corrected chi connectivity index (χ4v) is 4.07. The number of Topliss-reactive ketones (excluding diaryl/α,β-unsaturated/α-hetero) is 1. The molecule has 0 aliphatic carbocycles. The summed E-state index contributed by atoms with van der Waals surface area (Å²) in [6.45, 7) is 0.968. The third-order valence-corrected chi connectivity index (χ3v) is 5.66. The van der Waals surface area contributed by atoms with Gasteiger partial charge in [-0.3, -0.25) is 14.6 Å². The minimum Gasteiger partial charge on any atom is -0.507 e. The van der Waals surface area contributed by atoms with Gasteiger partial charge >= 0.3 is 0 Å². The van der Waals surface area contributed by atoms with E-state index in [-0.39, 0.29) is 16.4 Å². The number of ketones is 1. The molecule has 4 rings (SSSR count). The highest BCUT2D eigenvalue weighted by molar-refractivity contribution is 6.46. The van der Waals surface area contributed by atoms with E-state index in [1.807, 2.05) is 10.8 Å². The molecule has 0 spiro atoms. The number of carbonyl (C=O) groups is 2. The van der Waals surface area contributed by atoms with Gasteiger partial charge in [-0.15, -0.1) is 0 Å². The second-order valence-electron chi connectivity index (χ2n) is 7.28. The number of aryl methyl sites for hydroxylation is 1. The smallest absolute Gasteiger partial charge is 0.295 e. The lowest BCUT2D eigenvalue weighted by molar-refractivity contribution is -0.139. The van der Waals surface area contributed by atoms with Gasteiger partial charge < -0.3 is 19.3 Å². The Bertz CT molecular complexity index is 1160. The van der Waals surface area contributed by atoms with Crippen LogP contribution >= 0.6 is 11.6 Å². The Morgan fingerprint density at radius 1 is 1.12 bits per heavy atom. The first-order valence-corrected chi connectivity index (χ1v) is 10.4. The number of aliphatic hydroxyl groups is 1. The van der Waals surface area contributed by atoms with Crippen molar-refractivity contribution in [2.75, 3.05) is 13.7 Å². The molecule has 0 saturated carbocycles. The van der Waals surface area contributed by atoms with Crippen LogP contribution in [0.5, 0.6) is 5.75 Å². The average Bonchev–Trinajstić information content (AvgIpc) is 3.41. The molecule has 1 atom stereocenters. The predicted molar refractivity (Wildman–Crippen MR) is 118 cm³/mol. The lowest BCUT2D eigenvalue weighted by atomic mass is 9.96. The van der Waals surface area contributed by atoms with Gasteiger partial charge in [0.05, 0.1) is 30.1 Å². The van der Waals surface area contributed by atoms with E-state index in [1.165, 1.54) is 18.1 Å². The molecule has 1 aromatic carbocycles. The van der Waals surface area contributed by atoms with Crippen molar-refractivity contribution >= 4 is 29.1 Å². The van der Waals surface area contributed by atoms with E-state index in [2.05, 4.69) is 9.97 Å². The Morgan fingerprint density at radius 2 is 1.91 bits per heavy atom. The zero-order chi connectivity index (χ0) is 22.7. The van der Waals surface area contributed by atoms with Gasteiger partial charge in [0, 0.05) is 43.4 Å². The lowest BCUT2D eigenvalue weighted by Crippen LogP contribution is -2.31. The molecule has 1 aliphatic rings. The predicted octanol–water partition coefficient (Wildman–Crippen LogP) is 3.45. The first-order chi connectivity index (χ1) is 15.5. The van der Waals surface area contributed by atoms with Gasteiger partial charge in [0.2, 0.25) is 0 Å². The first kappa shape index (κ1) is 21.6. The molecule has 164 valence electrons. The van der Waals surface area contributed by atoms with Crippen molar-refractivity contribution in [3.8, 4) is 5.75 Å². The monoisotopic (exact) mass is 452 g/mol. The molecular formula is C23H21ClN4O4. The Hall–Kier alpha value is -3.65. The topological polar surface area (TPSA) is 97.6 Å². The summed E-state index contributed by atoms with van der Waals surface area (Å²) in [5, 5.41) is 11.4. The molecule has 0 radical (unpaired) electrons. The van der Waals surface area contributed by atoms with Gasteiger partial charge in [-0.1, -0.05) is 11.6 Å². The van der Waals surface area contributed by atoms with Gasteiger partial charge in [0.25, 0.3) is 11.7 Å². The number of aliphatic hydroxyl groups excluding tert-OH is 1. The summed E-state index contributed by atoms with van der Waals surface area (Å²) in [6, 6.07) is 7.42. The summed E-state index contributed by atoms with van der Waals surface area (Å²) in [4.78, 5) is 35.5. The Kier molecular flexibility index (Phi) is 6.23. The summed E-state index contributed by atoms with van der Waals surface area (Å²) in [7, 11) is 1.49. The third kappa shape index (κ3) is 4.09. The standard InChI is InChI=1S/C23H21ClN4O4/c1-32-18-4-3-16(13-17(18)24)21(29)19-20(15-5-7-25-8-6-15)28(23(31)22(19)30)11-2-10-27-12-9-26-14-27/h3-9,12-14,20,29H,2,10-11H2,1H3/b21-19-. The number of amides is 1. The molecule has 1 saturated heterocycles. The molecule has 0 bridgehead atoms. The highest BCUT2D eigenvalue weighted by Crippen LogP contribution is 2.40. The molecule has 1 amide bonds. The number of halogens is 1. The molecule has 3 heterocycles. The van der Waals surface area contributed by atoms with Crippen LogP contribution in [-0.4, -0.2) is 49.9 Å². The number of rotatable bonds is 7. The number of ether oxygens (including phenoxy) is 1. The fraction of sp³-hybridized carbons (Fsp3) is 0.217. The van der Waals surface area contributed by atoms with Crippen LogP contribution < -0.4 is 4.74 Å². The molecular weight excluding hydrogens is 432 g/mol. The SMILES string of the molecule is COc1ccc(/C(O)=C2/C(=O)C(=O)N(CCCn3ccnc3)C2c2ccncc2)cc1Cl. The van der Waals surface area contributed by atoms with Crippen LogP contribution in [0.15, 0.2) is 67.0 Å². The quantitative estimate of drug-likeness (QED) is 0.335. The van der Waals surface area contributed by atoms with Crippen molar-refractivity contribution in [1.29, 1.82) is 0 Å². The van der Waals surface area contributed by atoms with Gasteiger partial charge in [-0.2, -0.15) is 0 Å². The zero-order valence-corrected chi connectivity index (χ0v) is 18.1. The largest absolute Gasteiger partial charge is 0.507 e. The normalized spacial score (nSPS) is 17.7. The molecule has 1 aliphatic heterocycles. The van der Waals surface area contributed by atoms with Gasteiger partial charge in [-0.05, 0) is 42.3 Å². The number of nitrogens with zero attached hydrogens (tertiary/aromatic N) is 4. The van der Waals surface area contributed by atoms with Crippen LogP contribution in [-0.2, 0) is 16.1 Å². The molecule has 1 fully saturated rings. The Morgan fingerprint density at radius 3 is 2.56 bits per heavy atom. The summed E-state index contributed by atoms with van der Waals surface area (Å²) in [6.07, 6.45) is 9.00. The maximum absolute atomic E-state index is 13.0. The second-order valence-corrected chi connectivity index (χ2v) is 7.68. The zero-order valence-electron chi connectivity index (χ0n) is 17.3. The minimum atomic E-state index is -0.737. The van der Waals surface area contributed by atoms with Crippen molar-refractivity contribution in [2.24, 2.45) is 0 Å². The van der Waals surface area contributed by atoms with Crippen LogP contribution in [0.2, 0.25) is 5.02 Å². The highest BCUT2D eigenvalue weighted by atomic mass is 35.5. The van der Waals surface area contributed by atoms with E-state index in [9.17, 15) is 14.7 Å². The Balaban J connectivity index is 1.72. The lowest BCUT2D eigenvalue weighted by Gasteiger charge is -2.25. The van der Waals surface area contributed by atoms with Crippen LogP contribution in [0.25, 0.3) is 5.76 Å². The van der Waals surface area contributed by atoms with E-state index in [1.54, 1.807) is 49.2 Å².